The summed E-state index contributed by atoms with van der Waals surface area (Å²) in [6.07, 6.45) is 0.434. The molecular weight excluding hydrogens is 586 g/mol. The number of nitrogens with two attached hydrogens (primary N) is 1. The molecule has 1 aromatic carbocycles. The van der Waals surface area contributed by atoms with Gasteiger partial charge in [-0.3, -0.25) is 14.4 Å². The summed E-state index contributed by atoms with van der Waals surface area (Å²) in [5.74, 6) is -2.29. The number of amides is 1. The molecular formula is C34H42F2N2O7. The molecule has 9 nitrogen and oxygen atoms in total. The fourth-order valence-corrected chi connectivity index (χ4v) is 9.03. The molecule has 1 heterocycles. The zero-order valence-electron chi connectivity index (χ0n) is 26.1. The minimum Gasteiger partial charge on any atom is -0.486 e. The van der Waals surface area contributed by atoms with E-state index >= 15 is 8.78 Å². The van der Waals surface area contributed by atoms with Crippen LogP contribution in [-0.4, -0.2) is 71.2 Å². The van der Waals surface area contributed by atoms with Gasteiger partial charge in [-0.05, 0) is 87.4 Å². The van der Waals surface area contributed by atoms with Crippen LogP contribution in [0.25, 0.3) is 0 Å². The number of allylic oxidation sites excluding steroid dienone is 4. The van der Waals surface area contributed by atoms with Crippen molar-refractivity contribution in [1.29, 1.82) is 0 Å². The van der Waals surface area contributed by atoms with E-state index in [1.165, 1.54) is 12.2 Å². The van der Waals surface area contributed by atoms with E-state index in [9.17, 15) is 19.5 Å². The van der Waals surface area contributed by atoms with Gasteiger partial charge in [0.25, 0.3) is 0 Å². The Balaban J connectivity index is 1.30. The summed E-state index contributed by atoms with van der Waals surface area (Å²) in [5, 5.41) is 14.4. The molecule has 0 radical (unpaired) electrons. The normalized spacial score (nSPS) is 42.1. The highest BCUT2D eigenvalue weighted by Crippen LogP contribution is 2.72. The first-order chi connectivity index (χ1) is 21.2. The molecule has 11 heteroatoms. The molecule has 0 aromatic heterocycles. The molecule has 4 fully saturated rings. The molecule has 1 unspecified atom stereocenters. The zero-order chi connectivity index (χ0) is 32.5. The van der Waals surface area contributed by atoms with Crippen LogP contribution in [-0.2, 0) is 23.9 Å². The average Bonchev–Trinajstić information content (AvgIpc) is 3.47. The Labute approximate surface area is 261 Å². The Morgan fingerprint density at radius 2 is 1.91 bits per heavy atom. The fourth-order valence-electron chi connectivity index (χ4n) is 9.03. The third-order valence-corrected chi connectivity index (χ3v) is 11.3. The first kappa shape index (κ1) is 32.0. The van der Waals surface area contributed by atoms with Crippen molar-refractivity contribution in [2.75, 3.05) is 11.9 Å². The number of fused-ring (bicyclic) bond motifs is 7. The van der Waals surface area contributed by atoms with Crippen molar-refractivity contribution in [1.82, 2.24) is 0 Å². The number of halogens is 2. The monoisotopic (exact) mass is 628 g/mol. The molecule has 1 aromatic rings. The molecule has 11 atom stereocenters. The van der Waals surface area contributed by atoms with Crippen LogP contribution < -0.4 is 15.8 Å². The van der Waals surface area contributed by atoms with E-state index in [0.29, 0.717) is 17.9 Å². The zero-order valence-corrected chi connectivity index (χ0v) is 26.1. The van der Waals surface area contributed by atoms with Gasteiger partial charge in [0, 0.05) is 22.4 Å². The van der Waals surface area contributed by atoms with Crippen LogP contribution in [0.1, 0.15) is 59.8 Å². The van der Waals surface area contributed by atoms with Gasteiger partial charge < -0.3 is 30.4 Å². The summed E-state index contributed by atoms with van der Waals surface area (Å²) in [7, 11) is 0. The minimum absolute atomic E-state index is 0.0485. The maximum Gasteiger partial charge on any atom is 0.240 e. The van der Waals surface area contributed by atoms with Crippen molar-refractivity contribution >= 4 is 23.2 Å². The number of benzene rings is 1. The number of aliphatic hydroxyl groups excluding tert-OH is 1. The molecule has 0 spiro atoms. The first-order valence-electron chi connectivity index (χ1n) is 15.8. The molecule has 5 aliphatic rings. The van der Waals surface area contributed by atoms with E-state index < -0.39 is 76.2 Å². The lowest BCUT2D eigenvalue weighted by atomic mass is 9.44. The van der Waals surface area contributed by atoms with Gasteiger partial charge in [0.15, 0.2) is 23.3 Å². The van der Waals surface area contributed by atoms with Gasteiger partial charge in [-0.25, -0.2) is 8.78 Å². The van der Waals surface area contributed by atoms with Gasteiger partial charge in [0.05, 0.1) is 18.2 Å². The molecule has 0 bridgehead atoms. The topological polar surface area (TPSA) is 137 Å². The number of carbonyl (C=O) groups excluding carboxylic acids is 3. The van der Waals surface area contributed by atoms with Gasteiger partial charge in [0.1, 0.15) is 18.5 Å². The second-order valence-corrected chi connectivity index (χ2v) is 13.8. The van der Waals surface area contributed by atoms with Crippen molar-refractivity contribution < 1.29 is 42.5 Å². The summed E-state index contributed by atoms with van der Waals surface area (Å²) in [6.45, 7) is 6.55. The maximum absolute atomic E-state index is 17.6. The smallest absolute Gasteiger partial charge is 0.240 e. The lowest BCUT2D eigenvalue weighted by Gasteiger charge is -2.63. The number of ether oxygens (including phenoxy) is 3. The number of alkyl halides is 2. The third-order valence-electron chi connectivity index (χ3n) is 11.3. The summed E-state index contributed by atoms with van der Waals surface area (Å²) in [5.41, 5.74) is -0.268. The first-order valence-corrected chi connectivity index (χ1v) is 15.8. The van der Waals surface area contributed by atoms with Crippen LogP contribution in [0.4, 0.5) is 14.5 Å². The Bertz CT molecular complexity index is 1450. The van der Waals surface area contributed by atoms with Crippen LogP contribution in [0.15, 0.2) is 48.1 Å². The standard InChI is InChI=1S/C34H42F2N2O7/c1-5-6-29-44-28-15-22-23-14-25(35)24-13-20(39)11-12-31(24,3)33(23,36)26(40)16-32(22,4)34(28,45-29)27(41)17-43-21-9-7-19(8-10-21)38-30(42)18(2)37/h7-13,18,22-23,25-26,28-29,40H,5-6,14-17,37H2,1-4H3,(H,38,42)/t18-,22-,23-,25-,26-,28+,29?,31-,32-,33-,34+/m0/s1. The van der Waals surface area contributed by atoms with E-state index in [-0.39, 0.29) is 37.3 Å². The largest absolute Gasteiger partial charge is 0.486 e. The van der Waals surface area contributed by atoms with Gasteiger partial charge in [-0.1, -0.05) is 26.3 Å². The average molecular weight is 629 g/mol. The molecule has 244 valence electrons. The van der Waals surface area contributed by atoms with Crippen molar-refractivity contribution in [3.8, 4) is 5.75 Å². The van der Waals surface area contributed by atoms with Crippen molar-refractivity contribution in [3.05, 3.63) is 48.1 Å². The van der Waals surface area contributed by atoms with E-state index in [4.69, 9.17) is 19.9 Å². The fraction of sp³-hybridized carbons (Fsp3) is 0.618. The van der Waals surface area contributed by atoms with Crippen LogP contribution >= 0.6 is 0 Å². The van der Waals surface area contributed by atoms with Gasteiger partial charge in [0.2, 0.25) is 11.7 Å². The summed E-state index contributed by atoms with van der Waals surface area (Å²) in [6, 6.07) is 5.81. The van der Waals surface area contributed by atoms with E-state index in [0.717, 1.165) is 12.5 Å². The number of Topliss-reactive ketones (excluding diaryl/α,β-unsaturated/α-hetero) is 1. The van der Waals surface area contributed by atoms with Gasteiger partial charge >= 0.3 is 0 Å². The molecule has 45 heavy (non-hydrogen) atoms. The van der Waals surface area contributed by atoms with Crippen LogP contribution in [0, 0.1) is 22.7 Å². The number of anilines is 1. The maximum atomic E-state index is 17.6. The molecule has 3 saturated carbocycles. The Hall–Kier alpha value is -2.99. The SMILES string of the molecule is CCCC1O[C@@H]2C[C@H]3[C@@H]4C[C@H](F)C5=CC(=O)C=C[C@]5(C)[C@@]4(F)[C@@H](O)C[C@]3(C)[C@]2(C(=O)COc2ccc(NC(=O)[C@H](C)N)cc2)O1. The number of hydrogen-bond donors (Lipinski definition) is 3. The number of nitrogens with one attached hydrogen (secondary N) is 1. The number of hydrogen-bond acceptors (Lipinski definition) is 8. The van der Waals surface area contributed by atoms with Gasteiger partial charge in [-0.15, -0.1) is 0 Å². The molecule has 6 rings (SSSR count). The quantitative estimate of drug-likeness (QED) is 0.391. The molecule has 1 aliphatic heterocycles. The molecule has 1 amide bonds. The molecule has 4 N–H and O–H groups in total. The van der Waals surface area contributed by atoms with Crippen LogP contribution in [0.5, 0.6) is 5.75 Å². The second kappa shape index (κ2) is 11.1. The minimum atomic E-state index is -2.27. The number of aliphatic hydroxyl groups is 1. The summed E-state index contributed by atoms with van der Waals surface area (Å²) >= 11 is 0. The Morgan fingerprint density at radius 1 is 1.20 bits per heavy atom. The van der Waals surface area contributed by atoms with Crippen molar-refractivity contribution in [3.63, 3.8) is 0 Å². The Morgan fingerprint density at radius 3 is 2.58 bits per heavy atom. The molecule has 4 aliphatic carbocycles. The van der Waals surface area contributed by atoms with Crippen molar-refractivity contribution in [2.24, 2.45) is 28.4 Å². The highest BCUT2D eigenvalue weighted by Gasteiger charge is 2.80. The second-order valence-electron chi connectivity index (χ2n) is 13.8. The Kier molecular flexibility index (Phi) is 7.86. The third kappa shape index (κ3) is 4.56. The van der Waals surface area contributed by atoms with E-state index in [2.05, 4.69) is 5.32 Å². The lowest BCUT2D eigenvalue weighted by Crippen LogP contribution is -2.71. The van der Waals surface area contributed by atoms with Crippen molar-refractivity contribution in [2.45, 2.75) is 102 Å². The van der Waals surface area contributed by atoms with Gasteiger partial charge in [-0.2, -0.15) is 0 Å². The van der Waals surface area contributed by atoms with E-state index in [1.807, 2.05) is 13.8 Å². The van der Waals surface area contributed by atoms with Crippen LogP contribution in [0.2, 0.25) is 0 Å². The summed E-state index contributed by atoms with van der Waals surface area (Å²) in [4.78, 5) is 38.4. The van der Waals surface area contributed by atoms with E-state index in [1.54, 1.807) is 38.1 Å². The summed E-state index contributed by atoms with van der Waals surface area (Å²) < 4.78 is 52.3. The predicted octanol–water partition coefficient (Wildman–Crippen LogP) is 4.13. The highest BCUT2D eigenvalue weighted by atomic mass is 19.1. The van der Waals surface area contributed by atoms with Crippen LogP contribution in [0.3, 0.4) is 0 Å². The highest BCUT2D eigenvalue weighted by molar-refractivity contribution is 6.01. The molecule has 1 saturated heterocycles. The number of ketones is 2. The predicted molar refractivity (Wildman–Crippen MR) is 161 cm³/mol. The lowest BCUT2D eigenvalue weighted by molar-refractivity contribution is -0.234. The number of carbonyl (C=O) groups is 3. The number of rotatable bonds is 8.